The molecule has 5 nitrogen and oxygen atoms in total. The van der Waals surface area contributed by atoms with Gasteiger partial charge in [-0.15, -0.1) is 0 Å². The van der Waals surface area contributed by atoms with Gasteiger partial charge in [0, 0.05) is 30.2 Å². The fourth-order valence-electron chi connectivity index (χ4n) is 3.81. The van der Waals surface area contributed by atoms with Crippen molar-refractivity contribution in [1.29, 1.82) is 0 Å². The molecule has 0 bridgehead atoms. The number of benzene rings is 1. The molecule has 3 aromatic rings. The Hall–Kier alpha value is -2.44. The van der Waals surface area contributed by atoms with Gasteiger partial charge in [0.25, 0.3) is 10.0 Å². The third kappa shape index (κ3) is 3.09. The maximum Gasteiger partial charge on any atom is 0.269 e. The largest absolute Gasteiger partial charge is 0.316 e. The van der Waals surface area contributed by atoms with E-state index in [-0.39, 0.29) is 4.90 Å². The standard InChI is InChI=1S/C21H23N3O2S/c1-15-10-11-18(13-23-15)27(25,26)24-14-17(12-22-2)20-9-5-7-16-6-3-4-8-19(16)21(20)24/h3-4,6,8,10-11,13-14,22H,5,7,9,12H2,1-2H3. The van der Waals surface area contributed by atoms with Crippen molar-refractivity contribution in [2.75, 3.05) is 7.05 Å². The highest BCUT2D eigenvalue weighted by Gasteiger charge is 2.28. The van der Waals surface area contributed by atoms with Gasteiger partial charge in [-0.2, -0.15) is 0 Å². The zero-order valence-corrected chi connectivity index (χ0v) is 16.4. The summed E-state index contributed by atoms with van der Waals surface area (Å²) >= 11 is 0. The van der Waals surface area contributed by atoms with E-state index in [1.165, 1.54) is 15.7 Å². The Kier molecular flexibility index (Phi) is 4.61. The van der Waals surface area contributed by atoms with Crippen LogP contribution < -0.4 is 5.32 Å². The number of rotatable bonds is 4. The van der Waals surface area contributed by atoms with Gasteiger partial charge in [-0.3, -0.25) is 4.98 Å². The summed E-state index contributed by atoms with van der Waals surface area (Å²) in [6, 6.07) is 11.5. The van der Waals surface area contributed by atoms with Gasteiger partial charge in [0.1, 0.15) is 4.90 Å². The van der Waals surface area contributed by atoms with E-state index in [4.69, 9.17) is 0 Å². The molecule has 0 atom stereocenters. The minimum atomic E-state index is -3.73. The Morgan fingerprint density at radius 1 is 1.15 bits per heavy atom. The lowest BCUT2D eigenvalue weighted by molar-refractivity contribution is 0.587. The van der Waals surface area contributed by atoms with Crippen LogP contribution in [0.1, 0.15) is 28.8 Å². The molecule has 0 saturated carbocycles. The normalized spacial score (nSPS) is 13.7. The van der Waals surface area contributed by atoms with E-state index in [1.807, 2.05) is 32.2 Å². The SMILES string of the molecule is CNCc1cn(S(=O)(=O)c2ccc(C)nc2)c2c1CCCc1ccccc1-2. The van der Waals surface area contributed by atoms with E-state index in [9.17, 15) is 8.42 Å². The summed E-state index contributed by atoms with van der Waals surface area (Å²) in [5, 5.41) is 3.17. The quantitative estimate of drug-likeness (QED) is 0.753. The Labute approximate surface area is 160 Å². The van der Waals surface area contributed by atoms with E-state index in [1.54, 1.807) is 18.3 Å². The van der Waals surface area contributed by atoms with Gasteiger partial charge in [-0.25, -0.2) is 12.4 Å². The van der Waals surface area contributed by atoms with E-state index in [0.717, 1.165) is 47.3 Å². The summed E-state index contributed by atoms with van der Waals surface area (Å²) in [5.41, 5.74) is 5.96. The predicted molar refractivity (Wildman–Crippen MR) is 106 cm³/mol. The molecular weight excluding hydrogens is 358 g/mol. The van der Waals surface area contributed by atoms with Crippen LogP contribution in [0.3, 0.4) is 0 Å². The van der Waals surface area contributed by atoms with Crippen molar-refractivity contribution in [3.05, 3.63) is 71.2 Å². The lowest BCUT2D eigenvalue weighted by Crippen LogP contribution is -2.14. The Bertz CT molecular complexity index is 1080. The first-order valence-corrected chi connectivity index (χ1v) is 10.6. The molecule has 140 valence electrons. The van der Waals surface area contributed by atoms with Gasteiger partial charge < -0.3 is 5.32 Å². The molecule has 1 aromatic carbocycles. The summed E-state index contributed by atoms with van der Waals surface area (Å²) in [5.74, 6) is 0. The van der Waals surface area contributed by atoms with Gasteiger partial charge in [-0.05, 0) is 62.1 Å². The van der Waals surface area contributed by atoms with Crippen LogP contribution in [-0.2, 0) is 29.4 Å². The molecule has 0 fully saturated rings. The van der Waals surface area contributed by atoms with Crippen LogP contribution in [0.25, 0.3) is 11.3 Å². The van der Waals surface area contributed by atoms with Gasteiger partial charge in [0.15, 0.2) is 0 Å². The van der Waals surface area contributed by atoms with Crippen LogP contribution in [0.2, 0.25) is 0 Å². The summed E-state index contributed by atoms with van der Waals surface area (Å²) < 4.78 is 28.4. The van der Waals surface area contributed by atoms with Crippen molar-refractivity contribution in [3.63, 3.8) is 0 Å². The van der Waals surface area contributed by atoms with Gasteiger partial charge in [-0.1, -0.05) is 24.3 Å². The van der Waals surface area contributed by atoms with Crippen LogP contribution in [0.5, 0.6) is 0 Å². The maximum absolute atomic E-state index is 13.5. The lowest BCUT2D eigenvalue weighted by Gasteiger charge is -2.13. The summed E-state index contributed by atoms with van der Waals surface area (Å²) in [7, 11) is -1.85. The second kappa shape index (κ2) is 6.94. The molecule has 2 aromatic heterocycles. The average Bonchev–Trinajstić information content (AvgIpc) is 2.91. The van der Waals surface area contributed by atoms with E-state index < -0.39 is 10.0 Å². The fourth-order valence-corrected chi connectivity index (χ4v) is 5.17. The molecule has 2 heterocycles. The number of aromatic nitrogens is 2. The predicted octanol–water partition coefficient (Wildman–Crippen LogP) is 3.30. The maximum atomic E-state index is 13.5. The zero-order valence-electron chi connectivity index (χ0n) is 15.6. The minimum Gasteiger partial charge on any atom is -0.316 e. The third-order valence-corrected chi connectivity index (χ3v) is 6.76. The van der Waals surface area contributed by atoms with Crippen molar-refractivity contribution in [2.24, 2.45) is 0 Å². The van der Waals surface area contributed by atoms with Crippen LogP contribution in [0.4, 0.5) is 0 Å². The van der Waals surface area contributed by atoms with Crippen molar-refractivity contribution in [3.8, 4) is 11.3 Å². The van der Waals surface area contributed by atoms with E-state index >= 15 is 0 Å². The molecule has 4 rings (SSSR count). The number of nitrogens with zero attached hydrogens (tertiary/aromatic N) is 2. The Morgan fingerprint density at radius 2 is 1.96 bits per heavy atom. The zero-order chi connectivity index (χ0) is 19.0. The first-order valence-electron chi connectivity index (χ1n) is 9.16. The van der Waals surface area contributed by atoms with Crippen molar-refractivity contribution in [1.82, 2.24) is 14.3 Å². The first kappa shape index (κ1) is 17.9. The van der Waals surface area contributed by atoms with Crippen LogP contribution >= 0.6 is 0 Å². The smallest absolute Gasteiger partial charge is 0.269 e. The summed E-state index contributed by atoms with van der Waals surface area (Å²) in [4.78, 5) is 4.40. The second-order valence-electron chi connectivity index (χ2n) is 6.96. The molecule has 0 aliphatic heterocycles. The topological polar surface area (TPSA) is 64.0 Å². The Balaban J connectivity index is 1.99. The summed E-state index contributed by atoms with van der Waals surface area (Å²) in [6.07, 6.45) is 6.05. The van der Waals surface area contributed by atoms with Gasteiger partial charge in [0.05, 0.1) is 5.69 Å². The van der Waals surface area contributed by atoms with Gasteiger partial charge in [0.2, 0.25) is 0 Å². The number of aryl methyl sites for hydroxylation is 2. The molecule has 27 heavy (non-hydrogen) atoms. The molecule has 0 unspecified atom stereocenters. The summed E-state index contributed by atoms with van der Waals surface area (Å²) in [6.45, 7) is 2.48. The molecule has 6 heteroatoms. The first-order chi connectivity index (χ1) is 13.0. The highest BCUT2D eigenvalue weighted by Crippen LogP contribution is 2.37. The fraction of sp³-hybridized carbons (Fsp3) is 0.286. The molecule has 1 aliphatic carbocycles. The third-order valence-electron chi connectivity index (χ3n) is 5.12. The van der Waals surface area contributed by atoms with Crippen LogP contribution in [0, 0.1) is 6.92 Å². The number of nitrogens with one attached hydrogen (secondary N) is 1. The number of hydrogen-bond donors (Lipinski definition) is 1. The van der Waals surface area contributed by atoms with E-state index in [2.05, 4.69) is 16.4 Å². The molecule has 0 saturated heterocycles. The average molecular weight is 382 g/mol. The second-order valence-corrected chi connectivity index (χ2v) is 8.77. The van der Waals surface area contributed by atoms with Crippen molar-refractivity contribution >= 4 is 10.0 Å². The number of hydrogen-bond acceptors (Lipinski definition) is 4. The molecule has 1 aliphatic rings. The van der Waals surface area contributed by atoms with Crippen LogP contribution in [0.15, 0.2) is 53.7 Å². The molecule has 0 radical (unpaired) electrons. The Morgan fingerprint density at radius 3 is 2.70 bits per heavy atom. The highest BCUT2D eigenvalue weighted by atomic mass is 32.2. The lowest BCUT2D eigenvalue weighted by atomic mass is 10.0. The van der Waals surface area contributed by atoms with Crippen LogP contribution in [-0.4, -0.2) is 24.4 Å². The minimum absolute atomic E-state index is 0.212. The number of pyridine rings is 1. The number of fused-ring (bicyclic) bond motifs is 3. The molecule has 0 amide bonds. The monoisotopic (exact) mass is 381 g/mol. The highest BCUT2D eigenvalue weighted by molar-refractivity contribution is 7.90. The molecule has 1 N–H and O–H groups in total. The van der Waals surface area contributed by atoms with E-state index in [0.29, 0.717) is 6.54 Å². The molecule has 0 spiro atoms. The van der Waals surface area contributed by atoms with Crippen molar-refractivity contribution < 1.29 is 8.42 Å². The van der Waals surface area contributed by atoms with Gasteiger partial charge >= 0.3 is 0 Å². The molecular formula is C21H23N3O2S. The van der Waals surface area contributed by atoms with Crippen molar-refractivity contribution in [2.45, 2.75) is 37.6 Å².